The summed E-state index contributed by atoms with van der Waals surface area (Å²) in [5.41, 5.74) is 4.29. The van der Waals surface area contributed by atoms with E-state index < -0.39 is 0 Å². The number of para-hydroxylation sites is 1. The second-order valence-electron chi connectivity index (χ2n) is 6.93. The molecule has 1 fully saturated rings. The van der Waals surface area contributed by atoms with Crippen LogP contribution >= 0.6 is 0 Å². The number of rotatable bonds is 6. The monoisotopic (exact) mass is 350 g/mol. The first kappa shape index (κ1) is 18.2. The van der Waals surface area contributed by atoms with E-state index in [0.29, 0.717) is 19.5 Å². The van der Waals surface area contributed by atoms with Crippen LogP contribution in [0.2, 0.25) is 0 Å². The summed E-state index contributed by atoms with van der Waals surface area (Å²) in [4.78, 5) is 26.8. The first-order valence-electron chi connectivity index (χ1n) is 9.29. The lowest BCUT2D eigenvalue weighted by Gasteiger charge is -2.18. The molecule has 1 aliphatic rings. The lowest BCUT2D eigenvalue weighted by atomic mass is 10.0. The average Bonchev–Trinajstić information content (AvgIpc) is 3.03. The second-order valence-corrected chi connectivity index (χ2v) is 6.93. The summed E-state index contributed by atoms with van der Waals surface area (Å²) in [5, 5.41) is 3.07. The maximum absolute atomic E-state index is 12.7. The zero-order valence-corrected chi connectivity index (χ0v) is 15.5. The van der Waals surface area contributed by atoms with Crippen LogP contribution in [0.3, 0.4) is 0 Å². The molecule has 0 aromatic heterocycles. The lowest BCUT2D eigenvalue weighted by molar-refractivity contribution is -0.128. The van der Waals surface area contributed by atoms with Gasteiger partial charge in [-0.25, -0.2) is 0 Å². The molecular formula is C22H26N2O2. The van der Waals surface area contributed by atoms with Crippen molar-refractivity contribution in [3.05, 3.63) is 65.2 Å². The van der Waals surface area contributed by atoms with E-state index in [9.17, 15) is 9.59 Å². The first-order chi connectivity index (χ1) is 12.6. The SMILES string of the molecule is CCc1cccc(C)c1NC(=O)[C@@H]1CC(=O)N(CCc2ccccc2)C1. The van der Waals surface area contributed by atoms with Crippen molar-refractivity contribution < 1.29 is 9.59 Å². The van der Waals surface area contributed by atoms with Crippen LogP contribution in [0.15, 0.2) is 48.5 Å². The standard InChI is InChI=1S/C22H26N2O2/c1-3-18-11-7-8-16(2)21(18)23-22(26)19-14-20(25)24(15-19)13-12-17-9-5-4-6-10-17/h4-11,19H,3,12-15H2,1-2H3,(H,23,26)/t19-/m1/s1. The number of nitrogens with zero attached hydrogens (tertiary/aromatic N) is 1. The molecule has 0 spiro atoms. The van der Waals surface area contributed by atoms with Crippen LogP contribution in [0, 0.1) is 12.8 Å². The van der Waals surface area contributed by atoms with E-state index in [1.54, 1.807) is 0 Å². The Morgan fingerprint density at radius 3 is 2.65 bits per heavy atom. The number of amides is 2. The fourth-order valence-electron chi connectivity index (χ4n) is 3.50. The number of anilines is 1. The number of nitrogens with one attached hydrogen (secondary N) is 1. The largest absolute Gasteiger partial charge is 0.342 e. The van der Waals surface area contributed by atoms with Gasteiger partial charge < -0.3 is 10.2 Å². The number of carbonyl (C=O) groups excluding carboxylic acids is 2. The quantitative estimate of drug-likeness (QED) is 0.865. The topological polar surface area (TPSA) is 49.4 Å². The Morgan fingerprint density at radius 1 is 1.15 bits per heavy atom. The van der Waals surface area contributed by atoms with Crippen molar-refractivity contribution >= 4 is 17.5 Å². The molecule has 1 saturated heterocycles. The van der Waals surface area contributed by atoms with Gasteiger partial charge >= 0.3 is 0 Å². The number of benzene rings is 2. The van der Waals surface area contributed by atoms with Crippen LogP contribution in [0.4, 0.5) is 5.69 Å². The van der Waals surface area contributed by atoms with E-state index in [-0.39, 0.29) is 17.7 Å². The minimum absolute atomic E-state index is 0.0513. The molecule has 4 heteroatoms. The molecule has 1 N–H and O–H groups in total. The molecule has 3 rings (SSSR count). The van der Waals surface area contributed by atoms with Crippen molar-refractivity contribution in [2.45, 2.75) is 33.1 Å². The van der Waals surface area contributed by atoms with Gasteiger partial charge in [0.2, 0.25) is 11.8 Å². The van der Waals surface area contributed by atoms with Gasteiger partial charge in [0.1, 0.15) is 0 Å². The molecule has 0 radical (unpaired) electrons. The van der Waals surface area contributed by atoms with Crippen LogP contribution < -0.4 is 5.32 Å². The smallest absolute Gasteiger partial charge is 0.229 e. The Labute approximate surface area is 155 Å². The molecular weight excluding hydrogens is 324 g/mol. The summed E-state index contributed by atoms with van der Waals surface area (Å²) >= 11 is 0. The van der Waals surface area contributed by atoms with E-state index in [1.165, 1.54) is 5.56 Å². The zero-order valence-electron chi connectivity index (χ0n) is 15.5. The Morgan fingerprint density at radius 2 is 1.92 bits per heavy atom. The maximum atomic E-state index is 12.7. The molecule has 1 heterocycles. The average molecular weight is 350 g/mol. The van der Waals surface area contributed by atoms with E-state index >= 15 is 0 Å². The van der Waals surface area contributed by atoms with Crippen LogP contribution in [-0.2, 0) is 22.4 Å². The summed E-state index contributed by atoms with van der Waals surface area (Å²) in [7, 11) is 0. The third-order valence-corrected chi connectivity index (χ3v) is 5.09. The third kappa shape index (κ3) is 4.13. The van der Waals surface area contributed by atoms with E-state index in [2.05, 4.69) is 24.4 Å². The Kier molecular flexibility index (Phi) is 5.71. The zero-order chi connectivity index (χ0) is 18.5. The molecule has 4 nitrogen and oxygen atoms in total. The molecule has 2 aromatic carbocycles. The van der Waals surface area contributed by atoms with Crippen molar-refractivity contribution in [1.29, 1.82) is 0 Å². The van der Waals surface area contributed by atoms with Crippen molar-refractivity contribution in [2.75, 3.05) is 18.4 Å². The second kappa shape index (κ2) is 8.17. The predicted octanol–water partition coefficient (Wildman–Crippen LogP) is 3.59. The Hall–Kier alpha value is -2.62. The van der Waals surface area contributed by atoms with Crippen molar-refractivity contribution in [3.8, 4) is 0 Å². The van der Waals surface area contributed by atoms with Gasteiger partial charge in [-0.1, -0.05) is 55.5 Å². The van der Waals surface area contributed by atoms with E-state index in [4.69, 9.17) is 0 Å². The van der Waals surface area contributed by atoms with Crippen LogP contribution in [0.25, 0.3) is 0 Å². The van der Waals surface area contributed by atoms with Gasteiger partial charge in [-0.2, -0.15) is 0 Å². The van der Waals surface area contributed by atoms with Gasteiger partial charge in [-0.15, -0.1) is 0 Å². The Balaban J connectivity index is 1.60. The van der Waals surface area contributed by atoms with Crippen molar-refractivity contribution in [3.63, 3.8) is 0 Å². The molecule has 2 aromatic rings. The summed E-state index contributed by atoms with van der Waals surface area (Å²) in [5.74, 6) is -0.256. The molecule has 26 heavy (non-hydrogen) atoms. The number of likely N-dealkylation sites (tertiary alicyclic amines) is 1. The van der Waals surface area contributed by atoms with Gasteiger partial charge in [0.05, 0.1) is 5.92 Å². The molecule has 0 saturated carbocycles. The van der Waals surface area contributed by atoms with E-state index in [0.717, 1.165) is 29.7 Å². The fraction of sp³-hybridized carbons (Fsp3) is 0.364. The summed E-state index contributed by atoms with van der Waals surface area (Å²) < 4.78 is 0. The minimum atomic E-state index is -0.275. The molecule has 1 aliphatic heterocycles. The highest BCUT2D eigenvalue weighted by atomic mass is 16.2. The third-order valence-electron chi connectivity index (χ3n) is 5.09. The van der Waals surface area contributed by atoms with Crippen LogP contribution in [0.5, 0.6) is 0 Å². The molecule has 0 bridgehead atoms. The predicted molar refractivity (Wildman–Crippen MR) is 104 cm³/mol. The molecule has 0 aliphatic carbocycles. The minimum Gasteiger partial charge on any atom is -0.342 e. The highest BCUT2D eigenvalue weighted by Gasteiger charge is 2.34. The lowest BCUT2D eigenvalue weighted by Crippen LogP contribution is -2.30. The maximum Gasteiger partial charge on any atom is 0.229 e. The molecule has 136 valence electrons. The van der Waals surface area contributed by atoms with Gasteiger partial charge in [-0.05, 0) is 36.5 Å². The van der Waals surface area contributed by atoms with Gasteiger partial charge in [0.25, 0.3) is 0 Å². The van der Waals surface area contributed by atoms with Crippen LogP contribution in [-0.4, -0.2) is 29.8 Å². The normalized spacial score (nSPS) is 16.8. The number of hydrogen-bond acceptors (Lipinski definition) is 2. The summed E-state index contributed by atoms with van der Waals surface area (Å²) in [6.07, 6.45) is 1.98. The highest BCUT2D eigenvalue weighted by molar-refractivity contribution is 5.98. The first-order valence-corrected chi connectivity index (χ1v) is 9.29. The van der Waals surface area contributed by atoms with Gasteiger partial charge in [0, 0.05) is 25.2 Å². The van der Waals surface area contributed by atoms with Crippen LogP contribution in [0.1, 0.15) is 30.0 Å². The molecule has 0 unspecified atom stereocenters. The van der Waals surface area contributed by atoms with Crippen molar-refractivity contribution in [2.24, 2.45) is 5.92 Å². The molecule has 1 atom stereocenters. The number of carbonyl (C=O) groups is 2. The highest BCUT2D eigenvalue weighted by Crippen LogP contribution is 2.24. The van der Waals surface area contributed by atoms with Crippen molar-refractivity contribution in [1.82, 2.24) is 4.90 Å². The van der Waals surface area contributed by atoms with E-state index in [1.807, 2.05) is 48.2 Å². The summed E-state index contributed by atoms with van der Waals surface area (Å²) in [6.45, 7) is 5.25. The molecule has 2 amide bonds. The van der Waals surface area contributed by atoms with Gasteiger partial charge in [-0.3, -0.25) is 9.59 Å². The Bertz CT molecular complexity index is 786. The van der Waals surface area contributed by atoms with Gasteiger partial charge in [0.15, 0.2) is 0 Å². The fourth-order valence-corrected chi connectivity index (χ4v) is 3.50. The summed E-state index contributed by atoms with van der Waals surface area (Å²) in [6, 6.07) is 16.2. The number of aryl methyl sites for hydroxylation is 2. The number of hydrogen-bond donors (Lipinski definition) is 1.